The number of carbonyl (C=O) groups excluding carboxylic acids is 1. The fraction of sp³-hybridized carbons (Fsp3) is 0.158. The lowest BCUT2D eigenvalue weighted by atomic mass is 10.1. The van der Waals surface area contributed by atoms with Gasteiger partial charge in [-0.1, -0.05) is 23.5 Å². The molecule has 0 saturated heterocycles. The molecule has 0 spiro atoms. The second-order valence-electron chi connectivity index (χ2n) is 5.61. The van der Waals surface area contributed by atoms with E-state index < -0.39 is 0 Å². The maximum Gasteiger partial charge on any atom is 0.250 e. The molecule has 0 bridgehead atoms. The van der Waals surface area contributed by atoms with Gasteiger partial charge < -0.3 is 9.47 Å². The third-order valence-corrected chi connectivity index (χ3v) is 4.91. The standard InChI is InChI=1S/C19H16N2O3S/c1-23-15-3-2-4-16-18(15)21-19(25-16)20-17(22)8-6-12-5-7-14-13(11-12)9-10-24-14/h2-8,11H,9-10H2,1H3,(H,20,21,22)/b8-6+. The van der Waals surface area contributed by atoms with Crippen LogP contribution in [0.5, 0.6) is 11.5 Å². The number of nitrogens with zero attached hydrogens (tertiary/aromatic N) is 1. The number of carbonyl (C=O) groups is 1. The van der Waals surface area contributed by atoms with Crippen molar-refractivity contribution in [3.63, 3.8) is 0 Å². The van der Waals surface area contributed by atoms with E-state index >= 15 is 0 Å². The van der Waals surface area contributed by atoms with E-state index in [1.54, 1.807) is 13.2 Å². The molecule has 5 nitrogen and oxygen atoms in total. The highest BCUT2D eigenvalue weighted by atomic mass is 32.1. The molecule has 0 saturated carbocycles. The van der Waals surface area contributed by atoms with Crippen LogP contribution in [-0.2, 0) is 11.2 Å². The number of amides is 1. The number of thiazole rings is 1. The Morgan fingerprint density at radius 2 is 2.28 bits per heavy atom. The maximum absolute atomic E-state index is 12.2. The van der Waals surface area contributed by atoms with Gasteiger partial charge >= 0.3 is 0 Å². The number of fused-ring (bicyclic) bond motifs is 2. The first-order valence-electron chi connectivity index (χ1n) is 7.91. The molecule has 1 aromatic heterocycles. The molecule has 1 N–H and O–H groups in total. The Labute approximate surface area is 148 Å². The molecule has 4 rings (SSSR count). The molecule has 0 radical (unpaired) electrons. The molecule has 2 heterocycles. The van der Waals surface area contributed by atoms with E-state index in [1.807, 2.05) is 30.3 Å². The minimum absolute atomic E-state index is 0.213. The van der Waals surface area contributed by atoms with Crippen molar-refractivity contribution < 1.29 is 14.3 Å². The zero-order valence-electron chi connectivity index (χ0n) is 13.6. The number of ether oxygens (including phenoxy) is 2. The molecule has 0 unspecified atom stereocenters. The van der Waals surface area contributed by atoms with Gasteiger partial charge in [0.2, 0.25) is 5.91 Å². The van der Waals surface area contributed by atoms with Crippen molar-refractivity contribution in [3.8, 4) is 11.5 Å². The van der Waals surface area contributed by atoms with Gasteiger partial charge in [0.25, 0.3) is 0 Å². The van der Waals surface area contributed by atoms with Crippen molar-refractivity contribution >= 4 is 38.7 Å². The smallest absolute Gasteiger partial charge is 0.250 e. The molecule has 126 valence electrons. The quantitative estimate of drug-likeness (QED) is 0.724. The third kappa shape index (κ3) is 3.21. The predicted octanol–water partition coefficient (Wildman–Crippen LogP) is 3.89. The number of nitrogens with one attached hydrogen (secondary N) is 1. The molecule has 1 amide bonds. The number of para-hydroxylation sites is 1. The van der Waals surface area contributed by atoms with Gasteiger partial charge in [-0.05, 0) is 41.5 Å². The van der Waals surface area contributed by atoms with Crippen molar-refractivity contribution in [1.29, 1.82) is 0 Å². The van der Waals surface area contributed by atoms with Crippen LogP contribution in [0.2, 0.25) is 0 Å². The molecule has 2 aromatic carbocycles. The number of benzene rings is 2. The van der Waals surface area contributed by atoms with E-state index in [0.717, 1.165) is 34.6 Å². The Bertz CT molecular complexity index is 978. The van der Waals surface area contributed by atoms with E-state index in [2.05, 4.69) is 16.4 Å². The zero-order chi connectivity index (χ0) is 17.2. The van der Waals surface area contributed by atoms with Gasteiger partial charge in [-0.2, -0.15) is 0 Å². The van der Waals surface area contributed by atoms with Gasteiger partial charge in [0, 0.05) is 12.5 Å². The number of rotatable bonds is 4. The molecular formula is C19H16N2O3S. The number of methoxy groups -OCH3 is 1. The first-order chi connectivity index (χ1) is 12.2. The normalized spacial score (nSPS) is 13.0. The number of anilines is 1. The molecule has 0 atom stereocenters. The van der Waals surface area contributed by atoms with E-state index in [0.29, 0.717) is 10.9 Å². The van der Waals surface area contributed by atoms with Gasteiger partial charge in [0.15, 0.2) is 5.13 Å². The van der Waals surface area contributed by atoms with E-state index in [4.69, 9.17) is 9.47 Å². The second kappa shape index (κ2) is 6.57. The minimum atomic E-state index is -0.213. The number of aromatic nitrogens is 1. The van der Waals surface area contributed by atoms with E-state index in [9.17, 15) is 4.79 Å². The van der Waals surface area contributed by atoms with Gasteiger partial charge in [0.05, 0.1) is 18.4 Å². The monoisotopic (exact) mass is 352 g/mol. The minimum Gasteiger partial charge on any atom is -0.494 e. The SMILES string of the molecule is COc1cccc2sc(NC(=O)/C=C/c3ccc4c(c3)CCO4)nc12. The highest BCUT2D eigenvalue weighted by molar-refractivity contribution is 7.22. The largest absolute Gasteiger partial charge is 0.494 e. The average Bonchev–Trinajstić information content (AvgIpc) is 3.25. The maximum atomic E-state index is 12.2. The summed E-state index contributed by atoms with van der Waals surface area (Å²) in [6.07, 6.45) is 4.22. The topological polar surface area (TPSA) is 60.5 Å². The van der Waals surface area contributed by atoms with Gasteiger partial charge in [-0.25, -0.2) is 4.98 Å². The Morgan fingerprint density at radius 3 is 3.16 bits per heavy atom. The van der Waals surface area contributed by atoms with Crippen LogP contribution >= 0.6 is 11.3 Å². The zero-order valence-corrected chi connectivity index (χ0v) is 14.4. The summed E-state index contributed by atoms with van der Waals surface area (Å²) in [7, 11) is 1.61. The first kappa shape index (κ1) is 15.7. The van der Waals surface area contributed by atoms with Crippen molar-refractivity contribution in [3.05, 3.63) is 53.6 Å². The molecule has 1 aliphatic rings. The van der Waals surface area contributed by atoms with Crippen molar-refractivity contribution in [2.75, 3.05) is 19.0 Å². The molecule has 25 heavy (non-hydrogen) atoms. The highest BCUT2D eigenvalue weighted by Crippen LogP contribution is 2.32. The summed E-state index contributed by atoms with van der Waals surface area (Å²) in [6, 6.07) is 11.6. The van der Waals surface area contributed by atoms with Crippen LogP contribution in [0.25, 0.3) is 16.3 Å². The molecule has 0 fully saturated rings. The van der Waals surface area contributed by atoms with Crippen LogP contribution in [0.15, 0.2) is 42.5 Å². The van der Waals surface area contributed by atoms with E-state index in [1.165, 1.54) is 23.0 Å². The Balaban J connectivity index is 1.48. The van der Waals surface area contributed by atoms with Gasteiger partial charge in [-0.15, -0.1) is 0 Å². The van der Waals surface area contributed by atoms with Crippen molar-refractivity contribution in [2.24, 2.45) is 0 Å². The summed E-state index contributed by atoms with van der Waals surface area (Å²) in [4.78, 5) is 16.6. The van der Waals surface area contributed by atoms with Gasteiger partial charge in [-0.3, -0.25) is 10.1 Å². The fourth-order valence-corrected chi connectivity index (χ4v) is 3.66. The van der Waals surface area contributed by atoms with Crippen molar-refractivity contribution in [2.45, 2.75) is 6.42 Å². The summed E-state index contributed by atoms with van der Waals surface area (Å²) in [6.45, 7) is 0.726. The van der Waals surface area contributed by atoms with Crippen LogP contribution in [0, 0.1) is 0 Å². The lowest BCUT2D eigenvalue weighted by Crippen LogP contribution is -2.07. The van der Waals surface area contributed by atoms with E-state index in [-0.39, 0.29) is 5.91 Å². The molecule has 1 aliphatic heterocycles. The Kier molecular flexibility index (Phi) is 4.11. The lowest BCUT2D eigenvalue weighted by molar-refractivity contribution is -0.111. The van der Waals surface area contributed by atoms with Crippen LogP contribution in [0.4, 0.5) is 5.13 Å². The number of hydrogen-bond donors (Lipinski definition) is 1. The third-order valence-electron chi connectivity index (χ3n) is 3.97. The molecule has 0 aliphatic carbocycles. The summed E-state index contributed by atoms with van der Waals surface area (Å²) < 4.78 is 11.7. The van der Waals surface area contributed by atoms with Crippen LogP contribution in [-0.4, -0.2) is 24.6 Å². The Morgan fingerprint density at radius 1 is 1.36 bits per heavy atom. The summed E-state index contributed by atoms with van der Waals surface area (Å²) >= 11 is 1.42. The van der Waals surface area contributed by atoms with Gasteiger partial charge in [0.1, 0.15) is 17.0 Å². The molecule has 3 aromatic rings. The number of hydrogen-bond acceptors (Lipinski definition) is 5. The van der Waals surface area contributed by atoms with Crippen LogP contribution < -0.4 is 14.8 Å². The fourth-order valence-electron chi connectivity index (χ4n) is 2.77. The lowest BCUT2D eigenvalue weighted by Gasteiger charge is -2.00. The first-order valence-corrected chi connectivity index (χ1v) is 8.73. The van der Waals surface area contributed by atoms with Crippen molar-refractivity contribution in [1.82, 2.24) is 4.98 Å². The summed E-state index contributed by atoms with van der Waals surface area (Å²) in [5, 5.41) is 3.36. The van der Waals surface area contributed by atoms with Crippen LogP contribution in [0.1, 0.15) is 11.1 Å². The Hall–Kier alpha value is -2.86. The molecular weight excluding hydrogens is 336 g/mol. The van der Waals surface area contributed by atoms with Crippen LogP contribution in [0.3, 0.4) is 0 Å². The highest BCUT2D eigenvalue weighted by Gasteiger charge is 2.12. The summed E-state index contributed by atoms with van der Waals surface area (Å²) in [5.74, 6) is 1.42. The molecule has 6 heteroatoms. The second-order valence-corrected chi connectivity index (χ2v) is 6.64. The predicted molar refractivity (Wildman–Crippen MR) is 99.5 cm³/mol. The summed E-state index contributed by atoms with van der Waals surface area (Å²) in [5.41, 5.74) is 2.92. The average molecular weight is 352 g/mol.